The third-order valence-corrected chi connectivity index (χ3v) is 4.40. The molecule has 0 atom stereocenters. The van der Waals surface area contributed by atoms with Gasteiger partial charge >= 0.3 is 0 Å². The van der Waals surface area contributed by atoms with E-state index in [1.807, 2.05) is 43.3 Å². The molecule has 0 bridgehead atoms. The highest BCUT2D eigenvalue weighted by molar-refractivity contribution is 6.30. The van der Waals surface area contributed by atoms with Gasteiger partial charge in [-0.2, -0.15) is 0 Å². The van der Waals surface area contributed by atoms with Gasteiger partial charge in [0.1, 0.15) is 0 Å². The van der Waals surface area contributed by atoms with Crippen molar-refractivity contribution in [1.29, 1.82) is 0 Å². The van der Waals surface area contributed by atoms with Crippen molar-refractivity contribution >= 4 is 29.1 Å². The van der Waals surface area contributed by atoms with E-state index < -0.39 is 0 Å². The summed E-state index contributed by atoms with van der Waals surface area (Å²) in [4.78, 5) is 24.8. The summed E-state index contributed by atoms with van der Waals surface area (Å²) >= 11 is 5.87. The van der Waals surface area contributed by atoms with Gasteiger partial charge in [-0.3, -0.25) is 9.59 Å². The number of hydrogen-bond acceptors (Lipinski definition) is 2. The molecule has 3 aromatic carbocycles. The van der Waals surface area contributed by atoms with Crippen LogP contribution in [0.25, 0.3) is 0 Å². The molecular formula is C22H19ClN2O2. The molecule has 0 saturated carbocycles. The van der Waals surface area contributed by atoms with E-state index in [4.69, 9.17) is 11.6 Å². The molecule has 0 heterocycles. The first-order valence-electron chi connectivity index (χ1n) is 8.52. The Hall–Kier alpha value is -3.11. The van der Waals surface area contributed by atoms with Gasteiger partial charge in [0.25, 0.3) is 11.8 Å². The Morgan fingerprint density at radius 3 is 2.26 bits per heavy atom. The van der Waals surface area contributed by atoms with Crippen molar-refractivity contribution in [3.63, 3.8) is 0 Å². The fourth-order valence-electron chi connectivity index (χ4n) is 2.57. The zero-order valence-electron chi connectivity index (χ0n) is 14.8. The quantitative estimate of drug-likeness (QED) is 0.668. The number of rotatable bonds is 5. The highest BCUT2D eigenvalue weighted by Crippen LogP contribution is 2.18. The van der Waals surface area contributed by atoms with Crippen molar-refractivity contribution in [3.8, 4) is 0 Å². The van der Waals surface area contributed by atoms with E-state index in [9.17, 15) is 9.59 Å². The smallest absolute Gasteiger partial charge is 0.255 e. The van der Waals surface area contributed by atoms with Gasteiger partial charge in [-0.15, -0.1) is 0 Å². The normalized spacial score (nSPS) is 10.3. The van der Waals surface area contributed by atoms with Gasteiger partial charge in [0.05, 0.1) is 0 Å². The van der Waals surface area contributed by atoms with E-state index in [2.05, 4.69) is 10.6 Å². The van der Waals surface area contributed by atoms with Gasteiger partial charge in [-0.05, 0) is 54.4 Å². The summed E-state index contributed by atoms with van der Waals surface area (Å²) in [5.41, 5.74) is 3.50. The van der Waals surface area contributed by atoms with Crippen LogP contribution in [-0.4, -0.2) is 11.8 Å². The monoisotopic (exact) mass is 378 g/mol. The van der Waals surface area contributed by atoms with Gasteiger partial charge in [-0.25, -0.2) is 0 Å². The van der Waals surface area contributed by atoms with Crippen LogP contribution in [0, 0.1) is 6.92 Å². The molecule has 0 radical (unpaired) electrons. The number of aryl methyl sites for hydroxylation is 1. The van der Waals surface area contributed by atoms with E-state index in [0.29, 0.717) is 28.4 Å². The van der Waals surface area contributed by atoms with Crippen molar-refractivity contribution < 1.29 is 9.59 Å². The standard InChI is InChI=1S/C22H19ClN2O2/c1-15-7-10-18(21(26)24-14-16-8-11-19(23)12-9-16)13-20(15)25-22(27)17-5-3-2-4-6-17/h2-13H,14H2,1H3,(H,24,26)(H,25,27). The largest absolute Gasteiger partial charge is 0.348 e. The number of amides is 2. The van der Waals surface area contributed by atoms with Crippen LogP contribution in [0.4, 0.5) is 5.69 Å². The number of nitrogens with one attached hydrogen (secondary N) is 2. The lowest BCUT2D eigenvalue weighted by atomic mass is 10.1. The molecule has 0 aliphatic rings. The average molecular weight is 379 g/mol. The summed E-state index contributed by atoms with van der Waals surface area (Å²) in [6.07, 6.45) is 0. The summed E-state index contributed by atoms with van der Waals surface area (Å²) in [5, 5.41) is 6.39. The maximum absolute atomic E-state index is 12.5. The van der Waals surface area contributed by atoms with Crippen LogP contribution in [0.15, 0.2) is 72.8 Å². The Kier molecular flexibility index (Phi) is 5.89. The number of halogens is 1. The Balaban J connectivity index is 1.69. The molecule has 5 heteroatoms. The molecule has 4 nitrogen and oxygen atoms in total. The number of carbonyl (C=O) groups excluding carboxylic acids is 2. The first kappa shape index (κ1) is 18.7. The second-order valence-corrected chi connectivity index (χ2v) is 6.60. The molecule has 0 aliphatic heterocycles. The fraction of sp³-hybridized carbons (Fsp3) is 0.0909. The molecule has 3 rings (SSSR count). The van der Waals surface area contributed by atoms with Gasteiger partial charge in [0, 0.05) is 28.4 Å². The number of hydrogen-bond donors (Lipinski definition) is 2. The topological polar surface area (TPSA) is 58.2 Å². The zero-order chi connectivity index (χ0) is 19.2. The Labute approximate surface area is 163 Å². The van der Waals surface area contributed by atoms with Crippen molar-refractivity contribution in [2.75, 3.05) is 5.32 Å². The van der Waals surface area contributed by atoms with E-state index in [0.717, 1.165) is 11.1 Å². The molecule has 27 heavy (non-hydrogen) atoms. The van der Waals surface area contributed by atoms with Crippen LogP contribution in [0.3, 0.4) is 0 Å². The van der Waals surface area contributed by atoms with E-state index in [1.54, 1.807) is 36.4 Å². The lowest BCUT2D eigenvalue weighted by Gasteiger charge is -2.11. The van der Waals surface area contributed by atoms with Crippen molar-refractivity contribution in [1.82, 2.24) is 5.32 Å². The summed E-state index contributed by atoms with van der Waals surface area (Å²) in [6.45, 7) is 2.28. The maximum atomic E-state index is 12.5. The second kappa shape index (κ2) is 8.52. The van der Waals surface area contributed by atoms with Crippen LogP contribution in [0.2, 0.25) is 5.02 Å². The van der Waals surface area contributed by atoms with E-state index in [1.165, 1.54) is 0 Å². The number of anilines is 1. The van der Waals surface area contributed by atoms with Crippen LogP contribution >= 0.6 is 11.6 Å². The fourth-order valence-corrected chi connectivity index (χ4v) is 2.69. The van der Waals surface area contributed by atoms with Crippen molar-refractivity contribution in [2.45, 2.75) is 13.5 Å². The summed E-state index contributed by atoms with van der Waals surface area (Å²) in [5.74, 6) is -0.419. The van der Waals surface area contributed by atoms with Crippen LogP contribution in [-0.2, 0) is 6.54 Å². The van der Waals surface area contributed by atoms with E-state index in [-0.39, 0.29) is 11.8 Å². The molecule has 0 aliphatic carbocycles. The van der Waals surface area contributed by atoms with Gasteiger partial charge in [0.15, 0.2) is 0 Å². The zero-order valence-corrected chi connectivity index (χ0v) is 15.6. The van der Waals surface area contributed by atoms with Gasteiger partial charge in [-0.1, -0.05) is 48.0 Å². The molecule has 2 amide bonds. The Bertz CT molecular complexity index is 954. The molecular weight excluding hydrogens is 360 g/mol. The Morgan fingerprint density at radius 2 is 1.56 bits per heavy atom. The molecule has 0 unspecified atom stereocenters. The molecule has 136 valence electrons. The highest BCUT2D eigenvalue weighted by Gasteiger charge is 2.11. The van der Waals surface area contributed by atoms with Crippen LogP contribution in [0.5, 0.6) is 0 Å². The summed E-state index contributed by atoms with van der Waals surface area (Å²) in [7, 11) is 0. The highest BCUT2D eigenvalue weighted by atomic mass is 35.5. The van der Waals surface area contributed by atoms with Crippen LogP contribution in [0.1, 0.15) is 31.8 Å². The molecule has 0 spiro atoms. The lowest BCUT2D eigenvalue weighted by molar-refractivity contribution is 0.0949. The SMILES string of the molecule is Cc1ccc(C(=O)NCc2ccc(Cl)cc2)cc1NC(=O)c1ccccc1. The minimum absolute atomic E-state index is 0.208. The average Bonchev–Trinajstić information content (AvgIpc) is 2.69. The summed E-state index contributed by atoms with van der Waals surface area (Å²) < 4.78 is 0. The molecule has 0 saturated heterocycles. The summed E-state index contributed by atoms with van der Waals surface area (Å²) in [6, 6.07) is 21.5. The molecule has 0 fully saturated rings. The van der Waals surface area contributed by atoms with Gasteiger partial charge in [0.2, 0.25) is 0 Å². The van der Waals surface area contributed by atoms with Crippen molar-refractivity contribution in [2.24, 2.45) is 0 Å². The van der Waals surface area contributed by atoms with Crippen LogP contribution < -0.4 is 10.6 Å². The van der Waals surface area contributed by atoms with Crippen molar-refractivity contribution in [3.05, 3.63) is 100 Å². The predicted octanol–water partition coefficient (Wildman–Crippen LogP) is 4.83. The first-order valence-corrected chi connectivity index (χ1v) is 8.90. The first-order chi connectivity index (χ1) is 13.0. The van der Waals surface area contributed by atoms with E-state index >= 15 is 0 Å². The minimum Gasteiger partial charge on any atom is -0.348 e. The third-order valence-electron chi connectivity index (χ3n) is 4.15. The molecule has 3 aromatic rings. The lowest BCUT2D eigenvalue weighted by Crippen LogP contribution is -2.23. The molecule has 0 aromatic heterocycles. The molecule has 2 N–H and O–H groups in total. The number of carbonyl (C=O) groups is 2. The Morgan fingerprint density at radius 1 is 0.852 bits per heavy atom. The van der Waals surface area contributed by atoms with Gasteiger partial charge < -0.3 is 10.6 Å². The number of benzene rings is 3. The predicted molar refractivity (Wildman–Crippen MR) is 108 cm³/mol. The maximum Gasteiger partial charge on any atom is 0.255 e. The third kappa shape index (κ3) is 4.96. The second-order valence-electron chi connectivity index (χ2n) is 6.16. The minimum atomic E-state index is -0.211.